The van der Waals surface area contributed by atoms with E-state index in [0.717, 1.165) is 22.0 Å². The van der Waals surface area contributed by atoms with Gasteiger partial charge in [0.25, 0.3) is 0 Å². The summed E-state index contributed by atoms with van der Waals surface area (Å²) in [5.41, 5.74) is 5.90. The largest absolute Gasteiger partial charge is 0.354 e. The Balaban J connectivity index is 1.67. The van der Waals surface area contributed by atoms with Crippen LogP contribution in [0.15, 0.2) is 71.9 Å². The number of hydrogen-bond acceptors (Lipinski definition) is 4. The van der Waals surface area contributed by atoms with E-state index in [1.807, 2.05) is 30.3 Å². The number of rotatable bonds is 3. The van der Waals surface area contributed by atoms with Crippen molar-refractivity contribution in [2.75, 3.05) is 0 Å². The highest BCUT2D eigenvalue weighted by atomic mass is 32.2. The monoisotopic (exact) mass is 349 g/mol. The molecule has 1 unspecified atom stereocenters. The van der Waals surface area contributed by atoms with Crippen LogP contribution in [0.4, 0.5) is 0 Å². The molecule has 0 radical (unpaired) electrons. The van der Waals surface area contributed by atoms with Crippen LogP contribution in [0.5, 0.6) is 0 Å². The van der Waals surface area contributed by atoms with Crippen molar-refractivity contribution in [3.63, 3.8) is 0 Å². The fourth-order valence-corrected chi connectivity index (χ4v) is 3.51. The predicted molar refractivity (Wildman–Crippen MR) is 103 cm³/mol. The lowest BCUT2D eigenvalue weighted by Gasteiger charge is -2.12. The summed E-state index contributed by atoms with van der Waals surface area (Å²) in [7, 11) is -2.28. The third-order valence-corrected chi connectivity index (χ3v) is 4.94. The van der Waals surface area contributed by atoms with Crippen molar-refractivity contribution in [1.82, 2.24) is 10.4 Å². The average molecular weight is 349 g/mol. The summed E-state index contributed by atoms with van der Waals surface area (Å²) in [5, 5.41) is 6.54. The molecule has 0 bridgehead atoms. The minimum Gasteiger partial charge on any atom is -0.354 e. The number of fused-ring (bicyclic) bond motifs is 3. The number of aromatic amines is 1. The van der Waals surface area contributed by atoms with Crippen molar-refractivity contribution in [1.29, 1.82) is 0 Å². The zero-order valence-electron chi connectivity index (χ0n) is 13.2. The van der Waals surface area contributed by atoms with Gasteiger partial charge in [0.05, 0.1) is 16.6 Å². The Hall–Kier alpha value is -3.12. The van der Waals surface area contributed by atoms with Crippen LogP contribution in [0.3, 0.4) is 0 Å². The van der Waals surface area contributed by atoms with Gasteiger partial charge in [-0.15, -0.1) is 0 Å². The maximum atomic E-state index is 11.3. The maximum Gasteiger partial charge on any atom is 0.219 e. The van der Waals surface area contributed by atoms with Gasteiger partial charge in [-0.25, -0.2) is 0 Å². The van der Waals surface area contributed by atoms with Gasteiger partial charge in [-0.2, -0.15) is 13.5 Å². The number of para-hydroxylation sites is 2. The minimum atomic E-state index is -2.28. The van der Waals surface area contributed by atoms with Crippen molar-refractivity contribution in [2.45, 2.75) is 6.04 Å². The number of H-pyrrole nitrogens is 1. The van der Waals surface area contributed by atoms with Gasteiger partial charge in [-0.1, -0.05) is 54.6 Å². The van der Waals surface area contributed by atoms with Gasteiger partial charge in [0, 0.05) is 21.9 Å². The molecule has 0 saturated heterocycles. The first kappa shape index (κ1) is 15.4. The second-order valence-corrected chi connectivity index (χ2v) is 6.63. The first-order valence-electron chi connectivity index (χ1n) is 7.83. The lowest BCUT2D eigenvalue weighted by molar-refractivity contribution is 0.626. The molecule has 2 aromatic carbocycles. The second-order valence-electron chi connectivity index (χ2n) is 5.69. The number of allylic oxidation sites excluding steroid dienone is 2. The zero-order valence-corrected chi connectivity index (χ0v) is 14.0. The van der Waals surface area contributed by atoms with Crippen molar-refractivity contribution in [3.05, 3.63) is 72.3 Å². The molecule has 4 rings (SSSR count). The number of hydrazone groups is 1. The molecule has 1 aliphatic rings. The summed E-state index contributed by atoms with van der Waals surface area (Å²) in [6.45, 7) is 0. The van der Waals surface area contributed by atoms with Crippen LogP contribution in [0.1, 0.15) is 5.56 Å². The van der Waals surface area contributed by atoms with Gasteiger partial charge in [0.1, 0.15) is 6.04 Å². The fraction of sp³-hybridized carbons (Fsp3) is 0.0526. The molecule has 5 nitrogen and oxygen atoms in total. The minimum absolute atomic E-state index is 0.267. The van der Waals surface area contributed by atoms with E-state index < -0.39 is 16.3 Å². The second kappa shape index (κ2) is 6.41. The Labute approximate surface area is 145 Å². The van der Waals surface area contributed by atoms with Crippen LogP contribution in [0, 0.1) is 0 Å². The van der Waals surface area contributed by atoms with Crippen LogP contribution in [0.2, 0.25) is 0 Å². The van der Waals surface area contributed by atoms with E-state index in [2.05, 4.69) is 27.6 Å². The predicted octanol–water partition coefficient (Wildman–Crippen LogP) is 2.79. The third kappa shape index (κ3) is 2.88. The van der Waals surface area contributed by atoms with Gasteiger partial charge in [-0.3, -0.25) is 5.43 Å². The molecule has 0 fully saturated rings. The highest BCUT2D eigenvalue weighted by Crippen LogP contribution is 2.26. The Kier molecular flexibility index (Phi) is 3.95. The molecule has 1 heterocycles. The Morgan fingerprint density at radius 1 is 1.04 bits per heavy atom. The first-order chi connectivity index (χ1) is 12.2. The SMILES string of the molecule is O=S(=O)=C1C=CC=CC1NN=Cc1cccc2c1[nH]c1ccccc12. The Morgan fingerprint density at radius 2 is 1.88 bits per heavy atom. The van der Waals surface area contributed by atoms with E-state index in [1.165, 1.54) is 5.39 Å². The normalized spacial score (nSPS) is 17.0. The summed E-state index contributed by atoms with van der Waals surface area (Å²) in [4.78, 5) is 3.68. The lowest BCUT2D eigenvalue weighted by atomic mass is 10.1. The van der Waals surface area contributed by atoms with Crippen molar-refractivity contribution in [2.24, 2.45) is 5.10 Å². The standard InChI is InChI=1S/C19H15N3O2S/c23-25(24)18-11-4-3-10-17(18)22-20-12-13-6-5-8-15-14-7-1-2-9-16(14)21-19(13)15/h1-12,17,21-22H. The van der Waals surface area contributed by atoms with Gasteiger partial charge >= 0.3 is 0 Å². The van der Waals surface area contributed by atoms with Gasteiger partial charge in [-0.05, 0) is 12.1 Å². The molecule has 0 spiro atoms. The van der Waals surface area contributed by atoms with Crippen molar-refractivity contribution in [3.8, 4) is 0 Å². The fourth-order valence-electron chi connectivity index (χ4n) is 2.98. The molecule has 3 aromatic rings. The number of hydrogen-bond donors (Lipinski definition) is 2. The third-order valence-electron chi connectivity index (χ3n) is 4.16. The molecule has 0 saturated carbocycles. The van der Waals surface area contributed by atoms with E-state index in [1.54, 1.807) is 30.5 Å². The van der Waals surface area contributed by atoms with Crippen LogP contribution in [-0.2, 0) is 10.3 Å². The number of nitrogens with one attached hydrogen (secondary N) is 2. The van der Waals surface area contributed by atoms with E-state index in [4.69, 9.17) is 0 Å². The number of benzene rings is 2. The summed E-state index contributed by atoms with van der Waals surface area (Å²) >= 11 is 0. The molecule has 25 heavy (non-hydrogen) atoms. The highest BCUT2D eigenvalue weighted by Gasteiger charge is 2.13. The van der Waals surface area contributed by atoms with Crippen LogP contribution in [0.25, 0.3) is 21.8 Å². The molecule has 124 valence electrons. The summed E-state index contributed by atoms with van der Waals surface area (Å²) in [5.74, 6) is 0. The smallest absolute Gasteiger partial charge is 0.219 e. The average Bonchev–Trinajstić information content (AvgIpc) is 3.02. The molecule has 6 heteroatoms. The first-order valence-corrected chi connectivity index (χ1v) is 8.90. The summed E-state index contributed by atoms with van der Waals surface area (Å²) in [6, 6.07) is 13.7. The van der Waals surface area contributed by atoms with Crippen LogP contribution < -0.4 is 5.43 Å². The van der Waals surface area contributed by atoms with E-state index in [-0.39, 0.29) is 4.86 Å². The lowest BCUT2D eigenvalue weighted by Crippen LogP contribution is -2.32. The molecule has 1 atom stereocenters. The molecule has 1 aliphatic carbocycles. The molecule has 0 aliphatic heterocycles. The molecule has 2 N–H and O–H groups in total. The zero-order chi connectivity index (χ0) is 17.2. The van der Waals surface area contributed by atoms with Crippen LogP contribution in [-0.4, -0.2) is 30.5 Å². The Bertz CT molecular complexity index is 1180. The molecular formula is C19H15N3O2S. The van der Waals surface area contributed by atoms with Crippen molar-refractivity contribution < 1.29 is 8.42 Å². The van der Waals surface area contributed by atoms with E-state index >= 15 is 0 Å². The topological polar surface area (TPSA) is 74.3 Å². The van der Waals surface area contributed by atoms with Gasteiger partial charge in [0.2, 0.25) is 10.3 Å². The Morgan fingerprint density at radius 3 is 2.76 bits per heavy atom. The quantitative estimate of drug-likeness (QED) is 0.434. The molecule has 0 amide bonds. The number of nitrogens with zero attached hydrogens (tertiary/aromatic N) is 1. The van der Waals surface area contributed by atoms with Gasteiger partial charge in [0.15, 0.2) is 0 Å². The number of aromatic nitrogens is 1. The van der Waals surface area contributed by atoms with Crippen LogP contribution >= 0.6 is 0 Å². The summed E-state index contributed by atoms with van der Waals surface area (Å²) in [6.07, 6.45) is 8.51. The van der Waals surface area contributed by atoms with Gasteiger partial charge < -0.3 is 4.98 Å². The summed E-state index contributed by atoms with van der Waals surface area (Å²) < 4.78 is 22.5. The maximum absolute atomic E-state index is 11.3. The molecule has 1 aromatic heterocycles. The highest BCUT2D eigenvalue weighted by molar-refractivity contribution is 7.73. The van der Waals surface area contributed by atoms with Crippen molar-refractivity contribution >= 4 is 43.2 Å². The molecular weight excluding hydrogens is 334 g/mol. The van der Waals surface area contributed by atoms with E-state index in [0.29, 0.717) is 0 Å². The van der Waals surface area contributed by atoms with E-state index in [9.17, 15) is 8.42 Å².